The third-order valence-electron chi connectivity index (χ3n) is 10.9. The van der Waals surface area contributed by atoms with E-state index in [1.165, 1.54) is 32.7 Å². The molecule has 5 heteroatoms. The molecule has 3 heterocycles. The normalized spacial score (nSPS) is 11.4. The number of aromatic nitrogens is 3. The first-order valence-corrected chi connectivity index (χ1v) is 18.7. The number of hydrogen-bond acceptors (Lipinski definition) is 3. The van der Waals surface area contributed by atoms with E-state index in [0.717, 1.165) is 67.1 Å². The van der Waals surface area contributed by atoms with Crippen LogP contribution in [0.5, 0.6) is 0 Å². The van der Waals surface area contributed by atoms with Crippen molar-refractivity contribution in [3.8, 4) is 57.2 Å². The molecule has 0 spiro atoms. The number of aryl methyl sites for hydroxylation is 2. The summed E-state index contributed by atoms with van der Waals surface area (Å²) < 4.78 is 4.69. The summed E-state index contributed by atoms with van der Waals surface area (Å²) in [6.07, 6.45) is 0. The summed E-state index contributed by atoms with van der Waals surface area (Å²) in [4.78, 5) is 5.52. The lowest BCUT2D eigenvalue weighted by atomic mass is 9.96. The molecular weight excluding hydrogens is 683 g/mol. The maximum atomic E-state index is 10.0. The maximum Gasteiger partial charge on any atom is 0.101 e. The molecule has 0 saturated carbocycles. The van der Waals surface area contributed by atoms with Crippen LogP contribution in [0.2, 0.25) is 0 Å². The Labute approximate surface area is 324 Å². The number of rotatable bonds is 5. The van der Waals surface area contributed by atoms with Gasteiger partial charge in [0.1, 0.15) is 12.1 Å². The summed E-state index contributed by atoms with van der Waals surface area (Å²) >= 11 is 0. The molecular formula is C51H33N5. The molecule has 3 aromatic heterocycles. The van der Waals surface area contributed by atoms with Crippen LogP contribution in [0.1, 0.15) is 22.3 Å². The van der Waals surface area contributed by atoms with E-state index in [4.69, 9.17) is 4.98 Å². The molecule has 0 N–H and O–H groups in total. The second-order valence-electron chi connectivity index (χ2n) is 14.4. The summed E-state index contributed by atoms with van der Waals surface area (Å²) in [6.45, 7) is 4.27. The highest BCUT2D eigenvalue weighted by Gasteiger charge is 2.20. The van der Waals surface area contributed by atoms with E-state index < -0.39 is 0 Å². The molecule has 0 saturated heterocycles. The van der Waals surface area contributed by atoms with Crippen LogP contribution in [0, 0.1) is 36.5 Å². The number of hydrogen-bond donors (Lipinski definition) is 0. The number of para-hydroxylation sites is 4. The van der Waals surface area contributed by atoms with Gasteiger partial charge in [0.25, 0.3) is 0 Å². The number of fused-ring (bicyclic) bond motifs is 6. The van der Waals surface area contributed by atoms with Gasteiger partial charge in [0.05, 0.1) is 56.0 Å². The van der Waals surface area contributed by atoms with Gasteiger partial charge in [-0.1, -0.05) is 102 Å². The Hall–Kier alpha value is -7.73. The van der Waals surface area contributed by atoms with Gasteiger partial charge in [-0.25, -0.2) is 4.98 Å². The summed E-state index contributed by atoms with van der Waals surface area (Å²) in [6, 6.07) is 61.4. The van der Waals surface area contributed by atoms with Crippen molar-refractivity contribution in [2.75, 3.05) is 0 Å². The summed E-state index contributed by atoms with van der Waals surface area (Å²) in [5.74, 6) is 0. The van der Waals surface area contributed by atoms with Crippen molar-refractivity contribution in [3.63, 3.8) is 0 Å². The van der Waals surface area contributed by atoms with E-state index in [0.29, 0.717) is 11.1 Å². The number of nitrogens with zero attached hydrogens (tertiary/aromatic N) is 5. The Kier molecular flexibility index (Phi) is 7.63. The van der Waals surface area contributed by atoms with Crippen molar-refractivity contribution >= 4 is 43.6 Å². The molecule has 5 nitrogen and oxygen atoms in total. The monoisotopic (exact) mass is 715 g/mol. The molecule has 7 aromatic carbocycles. The van der Waals surface area contributed by atoms with Crippen LogP contribution in [-0.4, -0.2) is 14.1 Å². The first-order valence-electron chi connectivity index (χ1n) is 18.7. The van der Waals surface area contributed by atoms with Gasteiger partial charge in [-0.05, 0) is 97.8 Å². The van der Waals surface area contributed by atoms with Crippen molar-refractivity contribution in [2.24, 2.45) is 0 Å². The van der Waals surface area contributed by atoms with Crippen molar-refractivity contribution in [1.29, 1.82) is 10.5 Å². The largest absolute Gasteiger partial charge is 0.309 e. The molecule has 10 aromatic rings. The van der Waals surface area contributed by atoms with Crippen molar-refractivity contribution in [2.45, 2.75) is 13.8 Å². The summed E-state index contributed by atoms with van der Waals surface area (Å²) in [5.41, 5.74) is 14.9. The van der Waals surface area contributed by atoms with Gasteiger partial charge in [-0.15, -0.1) is 0 Å². The fourth-order valence-corrected chi connectivity index (χ4v) is 8.35. The lowest BCUT2D eigenvalue weighted by Crippen LogP contribution is -2.01. The standard InChI is InChI=1S/C51H33N5/c1-32-19-23-50-42(25-32)38-11-3-7-15-46(38)55(50)48-17-9-5-13-40(48)44-28-36(34-21-22-35(30-52)37(27-34)31-53)29-45(54-44)41-14-6-10-18-49(41)56-47-16-8-4-12-39(47)43-26-33(2)20-24-51(43)56/h3-29H,1-2H3. The third kappa shape index (κ3) is 5.18. The molecule has 0 fully saturated rings. The zero-order chi connectivity index (χ0) is 37.9. The molecule has 0 aliphatic rings. The van der Waals surface area contributed by atoms with Crippen LogP contribution in [0.4, 0.5) is 0 Å². The summed E-state index contributed by atoms with van der Waals surface area (Å²) in [5, 5.41) is 24.6. The van der Waals surface area contributed by atoms with E-state index in [1.54, 1.807) is 6.07 Å². The Morgan fingerprint density at radius 3 is 1.39 bits per heavy atom. The Morgan fingerprint density at radius 1 is 0.411 bits per heavy atom. The number of benzene rings is 7. The third-order valence-corrected chi connectivity index (χ3v) is 10.9. The van der Waals surface area contributed by atoms with E-state index in [2.05, 4.69) is 181 Å². The fraction of sp³-hybridized carbons (Fsp3) is 0.0392. The van der Waals surface area contributed by atoms with E-state index in [1.807, 2.05) is 12.1 Å². The van der Waals surface area contributed by atoms with Crippen molar-refractivity contribution < 1.29 is 0 Å². The summed E-state index contributed by atoms with van der Waals surface area (Å²) in [7, 11) is 0. The van der Waals surface area contributed by atoms with Gasteiger partial charge >= 0.3 is 0 Å². The van der Waals surface area contributed by atoms with Crippen LogP contribution in [0.15, 0.2) is 164 Å². The first-order chi connectivity index (χ1) is 27.5. The quantitative estimate of drug-likeness (QED) is 0.178. The van der Waals surface area contributed by atoms with Gasteiger partial charge < -0.3 is 9.13 Å². The minimum Gasteiger partial charge on any atom is -0.309 e. The van der Waals surface area contributed by atoms with Crippen LogP contribution >= 0.6 is 0 Å². The van der Waals surface area contributed by atoms with Crippen LogP contribution in [0.25, 0.3) is 88.6 Å². The average Bonchev–Trinajstić information content (AvgIpc) is 3.75. The molecule has 0 unspecified atom stereocenters. The minimum absolute atomic E-state index is 0.340. The fourth-order valence-electron chi connectivity index (χ4n) is 8.35. The van der Waals surface area contributed by atoms with Crippen molar-refractivity contribution in [3.05, 3.63) is 186 Å². The molecule has 262 valence electrons. The van der Waals surface area contributed by atoms with Gasteiger partial charge in [-0.3, -0.25) is 0 Å². The molecule has 10 rings (SSSR count). The van der Waals surface area contributed by atoms with Crippen LogP contribution in [-0.2, 0) is 0 Å². The first kappa shape index (κ1) is 32.9. The molecule has 0 aliphatic heterocycles. The van der Waals surface area contributed by atoms with Crippen LogP contribution < -0.4 is 0 Å². The van der Waals surface area contributed by atoms with Crippen LogP contribution in [0.3, 0.4) is 0 Å². The highest BCUT2D eigenvalue weighted by atomic mass is 15.0. The smallest absolute Gasteiger partial charge is 0.101 e. The predicted molar refractivity (Wildman–Crippen MR) is 228 cm³/mol. The predicted octanol–water partition coefficient (Wildman–Crippen LogP) is 12.6. The zero-order valence-corrected chi connectivity index (χ0v) is 30.8. The second kappa shape index (κ2) is 13.0. The van der Waals surface area contributed by atoms with E-state index >= 15 is 0 Å². The molecule has 0 radical (unpaired) electrons. The van der Waals surface area contributed by atoms with Gasteiger partial charge in [0.2, 0.25) is 0 Å². The zero-order valence-electron chi connectivity index (χ0n) is 30.8. The molecule has 0 bridgehead atoms. The topological polar surface area (TPSA) is 70.3 Å². The second-order valence-corrected chi connectivity index (χ2v) is 14.4. The minimum atomic E-state index is 0.340. The van der Waals surface area contributed by atoms with Gasteiger partial charge in [0, 0.05) is 32.7 Å². The van der Waals surface area contributed by atoms with Gasteiger partial charge in [0.15, 0.2) is 0 Å². The Morgan fingerprint density at radius 2 is 0.875 bits per heavy atom. The molecule has 0 aliphatic carbocycles. The highest BCUT2D eigenvalue weighted by molar-refractivity contribution is 6.11. The molecule has 0 amide bonds. The van der Waals surface area contributed by atoms with Crippen molar-refractivity contribution in [1.82, 2.24) is 14.1 Å². The molecule has 56 heavy (non-hydrogen) atoms. The highest BCUT2D eigenvalue weighted by Crippen LogP contribution is 2.41. The molecule has 0 atom stereocenters. The maximum absolute atomic E-state index is 10.0. The number of nitriles is 2. The lowest BCUT2D eigenvalue weighted by molar-refractivity contribution is 1.16. The Balaban J connectivity index is 1.26. The average molecular weight is 716 g/mol. The van der Waals surface area contributed by atoms with Gasteiger partial charge in [-0.2, -0.15) is 10.5 Å². The van der Waals surface area contributed by atoms with E-state index in [9.17, 15) is 10.5 Å². The SMILES string of the molecule is Cc1ccc2c(c1)c1ccccc1n2-c1ccccc1-c1cc(-c2ccc(C#N)c(C#N)c2)cc(-c2ccccc2-n2c3ccccc3c3cc(C)ccc32)n1. The Bertz CT molecular complexity index is 3130. The number of pyridine rings is 1. The van der Waals surface area contributed by atoms with E-state index in [-0.39, 0.29) is 0 Å². The lowest BCUT2D eigenvalue weighted by Gasteiger charge is -2.18.